The van der Waals surface area contributed by atoms with Gasteiger partial charge < -0.3 is 16.2 Å². The van der Waals surface area contributed by atoms with Gasteiger partial charge in [-0.2, -0.15) is 0 Å². The van der Waals surface area contributed by atoms with E-state index in [1.807, 2.05) is 0 Å². The number of hydrogen-bond acceptors (Lipinski definition) is 5. The monoisotopic (exact) mass is 236 g/mol. The highest BCUT2D eigenvalue weighted by atomic mass is 16.3. The first-order chi connectivity index (χ1) is 8.16. The zero-order chi connectivity index (χ0) is 12.3. The third-order valence-electron chi connectivity index (χ3n) is 2.97. The van der Waals surface area contributed by atoms with Crippen molar-refractivity contribution in [1.82, 2.24) is 9.97 Å². The van der Waals surface area contributed by atoms with E-state index in [2.05, 4.69) is 15.3 Å². The fraction of sp³-hybridized carbons (Fsp3) is 0.545. The van der Waals surface area contributed by atoms with Crippen LogP contribution in [0.2, 0.25) is 0 Å². The van der Waals surface area contributed by atoms with Crippen molar-refractivity contribution in [2.75, 3.05) is 5.32 Å². The summed E-state index contributed by atoms with van der Waals surface area (Å²) in [6.45, 7) is 0. The summed E-state index contributed by atoms with van der Waals surface area (Å²) in [7, 11) is 0. The zero-order valence-electron chi connectivity index (χ0n) is 9.47. The molecule has 1 fully saturated rings. The average molecular weight is 236 g/mol. The maximum Gasteiger partial charge on any atom is 0.254 e. The van der Waals surface area contributed by atoms with Crippen LogP contribution in [-0.4, -0.2) is 33.1 Å². The Morgan fingerprint density at radius 1 is 1.53 bits per heavy atom. The van der Waals surface area contributed by atoms with E-state index in [9.17, 15) is 9.90 Å². The highest BCUT2D eigenvalue weighted by Crippen LogP contribution is 2.22. The van der Waals surface area contributed by atoms with Crippen molar-refractivity contribution < 1.29 is 9.90 Å². The van der Waals surface area contributed by atoms with Crippen LogP contribution in [0, 0.1) is 0 Å². The summed E-state index contributed by atoms with van der Waals surface area (Å²) < 4.78 is 0. The molecular weight excluding hydrogens is 220 g/mol. The van der Waals surface area contributed by atoms with E-state index >= 15 is 0 Å². The Balaban J connectivity index is 2.10. The molecule has 1 aromatic rings. The number of primary amides is 1. The number of aliphatic hydroxyl groups is 1. The molecule has 2 atom stereocenters. The second kappa shape index (κ2) is 5.09. The Hall–Kier alpha value is -1.69. The smallest absolute Gasteiger partial charge is 0.254 e. The molecule has 6 heteroatoms. The molecular formula is C11H16N4O2. The van der Waals surface area contributed by atoms with Crippen LogP contribution >= 0.6 is 0 Å². The van der Waals surface area contributed by atoms with Crippen molar-refractivity contribution in [1.29, 1.82) is 0 Å². The normalized spacial score (nSPS) is 24.3. The van der Waals surface area contributed by atoms with Gasteiger partial charge in [0.05, 0.1) is 11.7 Å². The van der Waals surface area contributed by atoms with Crippen LogP contribution in [0.1, 0.15) is 36.0 Å². The van der Waals surface area contributed by atoms with Crippen molar-refractivity contribution in [2.45, 2.75) is 37.8 Å². The molecule has 0 unspecified atom stereocenters. The highest BCUT2D eigenvalue weighted by molar-refractivity contribution is 5.97. The maximum absolute atomic E-state index is 11.2. The van der Waals surface area contributed by atoms with Crippen molar-refractivity contribution in [2.24, 2.45) is 5.73 Å². The maximum atomic E-state index is 11.2. The number of nitrogens with one attached hydrogen (secondary N) is 1. The van der Waals surface area contributed by atoms with Gasteiger partial charge in [0.2, 0.25) is 0 Å². The van der Waals surface area contributed by atoms with E-state index < -0.39 is 5.91 Å². The number of rotatable bonds is 3. The topological polar surface area (TPSA) is 101 Å². The molecule has 4 N–H and O–H groups in total. The second-order valence-corrected chi connectivity index (χ2v) is 4.31. The number of aliphatic hydroxyl groups excluding tert-OH is 1. The lowest BCUT2D eigenvalue weighted by molar-refractivity contribution is 0.100. The van der Waals surface area contributed by atoms with Crippen molar-refractivity contribution in [3.8, 4) is 0 Å². The van der Waals surface area contributed by atoms with Gasteiger partial charge in [0.25, 0.3) is 5.91 Å². The third kappa shape index (κ3) is 2.91. The second-order valence-electron chi connectivity index (χ2n) is 4.31. The molecule has 0 bridgehead atoms. The highest BCUT2D eigenvalue weighted by Gasteiger charge is 2.21. The van der Waals surface area contributed by atoms with Crippen LogP contribution in [0.4, 0.5) is 5.82 Å². The van der Waals surface area contributed by atoms with E-state index in [4.69, 9.17) is 5.73 Å². The summed E-state index contributed by atoms with van der Waals surface area (Å²) in [5.74, 6) is -0.101. The Kier molecular flexibility index (Phi) is 3.53. The minimum absolute atomic E-state index is 0.131. The molecule has 6 nitrogen and oxygen atoms in total. The molecule has 92 valence electrons. The van der Waals surface area contributed by atoms with Gasteiger partial charge in [-0.3, -0.25) is 4.79 Å². The molecule has 0 saturated heterocycles. The van der Waals surface area contributed by atoms with E-state index in [1.54, 1.807) is 0 Å². The molecule has 1 aliphatic carbocycles. The van der Waals surface area contributed by atoms with Gasteiger partial charge in [0.15, 0.2) is 0 Å². The van der Waals surface area contributed by atoms with Gasteiger partial charge in [-0.25, -0.2) is 9.97 Å². The Bertz CT molecular complexity index is 410. The van der Waals surface area contributed by atoms with Gasteiger partial charge in [0, 0.05) is 12.2 Å². The summed E-state index contributed by atoms with van der Waals surface area (Å²) in [5, 5.41) is 12.7. The summed E-state index contributed by atoms with van der Waals surface area (Å²) in [4.78, 5) is 19.0. The van der Waals surface area contributed by atoms with E-state index in [0.29, 0.717) is 12.2 Å². The van der Waals surface area contributed by atoms with Gasteiger partial charge in [-0.1, -0.05) is 0 Å². The SMILES string of the molecule is NC(=O)c1cncnc1N[C@@H]1CCC[C@H](O)C1. The number of nitrogens with two attached hydrogens (primary N) is 1. The molecule has 1 aliphatic rings. The first-order valence-corrected chi connectivity index (χ1v) is 5.71. The summed E-state index contributed by atoms with van der Waals surface area (Å²) in [6, 6.07) is 0.131. The number of carbonyl (C=O) groups excluding carboxylic acids is 1. The van der Waals surface area contributed by atoms with Gasteiger partial charge >= 0.3 is 0 Å². The van der Waals surface area contributed by atoms with Crippen LogP contribution in [0.15, 0.2) is 12.5 Å². The molecule has 0 spiro atoms. The quantitative estimate of drug-likeness (QED) is 0.700. The molecule has 1 saturated carbocycles. The predicted octanol–water partition coefficient (Wildman–Crippen LogP) is 0.291. The number of aromatic nitrogens is 2. The van der Waals surface area contributed by atoms with E-state index in [1.165, 1.54) is 12.5 Å². The lowest BCUT2D eigenvalue weighted by Gasteiger charge is -2.27. The Morgan fingerprint density at radius 3 is 3.06 bits per heavy atom. The molecule has 2 rings (SSSR count). The summed E-state index contributed by atoms with van der Waals surface area (Å²) in [6.07, 6.45) is 5.92. The number of anilines is 1. The first-order valence-electron chi connectivity index (χ1n) is 5.71. The third-order valence-corrected chi connectivity index (χ3v) is 2.97. The Labute approximate surface area is 99.3 Å². The standard InChI is InChI=1S/C11H16N4O2/c12-10(17)9-5-13-6-14-11(9)15-7-2-1-3-8(16)4-7/h5-8,16H,1-4H2,(H2,12,17)(H,13,14,15)/t7-,8+/m1/s1. The number of hydrogen-bond donors (Lipinski definition) is 3. The summed E-state index contributed by atoms with van der Waals surface area (Å²) >= 11 is 0. The van der Waals surface area contributed by atoms with Crippen LogP contribution in [0.5, 0.6) is 0 Å². The zero-order valence-corrected chi connectivity index (χ0v) is 9.47. The van der Waals surface area contributed by atoms with Gasteiger partial charge in [-0.05, 0) is 25.7 Å². The molecule has 0 aromatic carbocycles. The van der Waals surface area contributed by atoms with Crippen LogP contribution in [-0.2, 0) is 0 Å². The van der Waals surface area contributed by atoms with Crippen LogP contribution < -0.4 is 11.1 Å². The average Bonchev–Trinajstić information content (AvgIpc) is 2.29. The van der Waals surface area contributed by atoms with Crippen molar-refractivity contribution >= 4 is 11.7 Å². The molecule has 1 amide bonds. The van der Waals surface area contributed by atoms with Gasteiger partial charge in [-0.15, -0.1) is 0 Å². The van der Waals surface area contributed by atoms with Gasteiger partial charge in [0.1, 0.15) is 12.1 Å². The van der Waals surface area contributed by atoms with Crippen LogP contribution in [0.3, 0.4) is 0 Å². The summed E-state index contributed by atoms with van der Waals surface area (Å²) in [5.41, 5.74) is 5.52. The lowest BCUT2D eigenvalue weighted by atomic mass is 9.93. The molecule has 17 heavy (non-hydrogen) atoms. The number of nitrogens with zero attached hydrogens (tertiary/aromatic N) is 2. The van der Waals surface area contributed by atoms with Crippen molar-refractivity contribution in [3.05, 3.63) is 18.1 Å². The molecule has 0 radical (unpaired) electrons. The lowest BCUT2D eigenvalue weighted by Crippen LogP contribution is -2.31. The molecule has 0 aliphatic heterocycles. The number of carbonyl (C=O) groups is 1. The molecule has 1 heterocycles. The van der Waals surface area contributed by atoms with E-state index in [0.717, 1.165) is 19.3 Å². The minimum Gasteiger partial charge on any atom is -0.393 e. The Morgan fingerprint density at radius 2 is 2.35 bits per heavy atom. The number of amides is 1. The minimum atomic E-state index is -0.551. The van der Waals surface area contributed by atoms with Crippen LogP contribution in [0.25, 0.3) is 0 Å². The fourth-order valence-corrected chi connectivity index (χ4v) is 2.11. The van der Waals surface area contributed by atoms with Crippen molar-refractivity contribution in [3.63, 3.8) is 0 Å². The van der Waals surface area contributed by atoms with E-state index in [-0.39, 0.29) is 17.7 Å². The largest absolute Gasteiger partial charge is 0.393 e. The fourth-order valence-electron chi connectivity index (χ4n) is 2.11. The molecule has 1 aromatic heterocycles. The first kappa shape index (κ1) is 11.8. The predicted molar refractivity (Wildman–Crippen MR) is 62.4 cm³/mol.